The fraction of sp³-hybridized carbons (Fsp3) is 0.351. The number of hydrogen-bond donors (Lipinski definition) is 1. The number of hydrogen-bond acceptors (Lipinski definition) is 4. The molecule has 1 aliphatic heterocycles. The molecule has 1 N–H and O–H groups in total. The lowest BCUT2D eigenvalue weighted by molar-refractivity contribution is -0.118. The van der Waals surface area contributed by atoms with Gasteiger partial charge in [-0.2, -0.15) is 5.10 Å². The van der Waals surface area contributed by atoms with Crippen LogP contribution in [-0.4, -0.2) is 15.6 Å². The number of fused-ring (bicyclic) bond motifs is 1. The lowest BCUT2D eigenvalue weighted by Gasteiger charge is -2.39. The average molecular weight is 560 g/mol. The molecule has 5 heteroatoms. The summed E-state index contributed by atoms with van der Waals surface area (Å²) in [7, 11) is 0. The number of anilines is 1. The number of aromatic nitrogens is 2. The van der Waals surface area contributed by atoms with Gasteiger partial charge in [-0.05, 0) is 60.6 Å². The molecule has 0 bridgehead atoms. The zero-order valence-corrected chi connectivity index (χ0v) is 25.8. The Morgan fingerprint density at radius 3 is 2.36 bits per heavy atom. The van der Waals surface area contributed by atoms with E-state index in [9.17, 15) is 4.79 Å². The van der Waals surface area contributed by atoms with Gasteiger partial charge in [0.15, 0.2) is 5.78 Å². The van der Waals surface area contributed by atoms with E-state index in [0.717, 1.165) is 57.3 Å². The molecule has 1 aliphatic carbocycles. The maximum atomic E-state index is 13.9. The molecule has 1 atom stereocenters. The van der Waals surface area contributed by atoms with Crippen LogP contribution in [0.3, 0.4) is 0 Å². The predicted octanol–water partition coefficient (Wildman–Crippen LogP) is 8.57. The number of ketones is 1. The first-order valence-corrected chi connectivity index (χ1v) is 14.9. The molecule has 1 aromatic heterocycles. The van der Waals surface area contributed by atoms with Gasteiger partial charge in [0.25, 0.3) is 0 Å². The van der Waals surface area contributed by atoms with Gasteiger partial charge in [0, 0.05) is 34.6 Å². The lowest BCUT2D eigenvalue weighted by Crippen LogP contribution is -2.34. The van der Waals surface area contributed by atoms with E-state index in [1.54, 1.807) is 0 Å². The number of carbonyl (C=O) groups excluding carboxylic acids is 1. The van der Waals surface area contributed by atoms with Gasteiger partial charge >= 0.3 is 0 Å². The minimum atomic E-state index is -0.234. The molecule has 2 aliphatic rings. The van der Waals surface area contributed by atoms with Crippen molar-refractivity contribution in [2.24, 2.45) is 5.41 Å². The number of rotatable bonds is 5. The van der Waals surface area contributed by atoms with E-state index in [2.05, 4.69) is 101 Å². The van der Waals surface area contributed by atoms with E-state index in [4.69, 9.17) is 9.84 Å². The van der Waals surface area contributed by atoms with Crippen LogP contribution in [0.5, 0.6) is 5.75 Å². The van der Waals surface area contributed by atoms with Gasteiger partial charge in [0.2, 0.25) is 0 Å². The Balaban J connectivity index is 1.50. The zero-order valence-electron chi connectivity index (χ0n) is 25.8. The Morgan fingerprint density at radius 2 is 1.69 bits per heavy atom. The zero-order chi connectivity index (χ0) is 29.8. The molecule has 0 saturated heterocycles. The maximum Gasteiger partial charge on any atom is 0.162 e. The molecule has 2 heterocycles. The highest BCUT2D eigenvalue weighted by Crippen LogP contribution is 2.52. The summed E-state index contributed by atoms with van der Waals surface area (Å²) in [6, 6.07) is 25.0. The fourth-order valence-electron chi connectivity index (χ4n) is 6.49. The third-order valence-corrected chi connectivity index (χ3v) is 8.44. The van der Waals surface area contributed by atoms with Gasteiger partial charge in [0.05, 0.1) is 11.4 Å². The van der Waals surface area contributed by atoms with Crippen LogP contribution in [0.15, 0.2) is 84.1 Å². The molecule has 0 spiro atoms. The van der Waals surface area contributed by atoms with Gasteiger partial charge in [-0.1, -0.05) is 94.8 Å². The number of ether oxygens (including phenoxy) is 1. The fourth-order valence-corrected chi connectivity index (χ4v) is 6.49. The smallest absolute Gasteiger partial charge is 0.162 e. The van der Waals surface area contributed by atoms with Gasteiger partial charge in [-0.3, -0.25) is 4.79 Å². The van der Waals surface area contributed by atoms with Crippen LogP contribution in [0, 0.1) is 19.3 Å². The monoisotopic (exact) mass is 559 g/mol. The summed E-state index contributed by atoms with van der Waals surface area (Å²) in [6.45, 7) is 15.7. The van der Waals surface area contributed by atoms with Crippen molar-refractivity contribution in [1.82, 2.24) is 9.78 Å². The van der Waals surface area contributed by atoms with E-state index in [-0.39, 0.29) is 22.5 Å². The Morgan fingerprint density at radius 1 is 0.976 bits per heavy atom. The van der Waals surface area contributed by atoms with Crippen molar-refractivity contribution in [3.05, 3.63) is 118 Å². The Kier molecular flexibility index (Phi) is 6.87. The number of Topliss-reactive ketones (excluding diaryl/α,β-unsaturated/α-hetero) is 1. The molecule has 0 amide bonds. The second kappa shape index (κ2) is 10.3. The highest BCUT2D eigenvalue weighted by molar-refractivity contribution is 6.01. The van der Waals surface area contributed by atoms with E-state index < -0.39 is 0 Å². The largest absolute Gasteiger partial charge is 0.489 e. The van der Waals surface area contributed by atoms with E-state index in [1.807, 2.05) is 30.3 Å². The third-order valence-electron chi connectivity index (χ3n) is 8.44. The minimum absolute atomic E-state index is 0.114. The van der Waals surface area contributed by atoms with Crippen LogP contribution < -0.4 is 10.1 Å². The number of aryl methyl sites for hydroxylation is 2. The quantitative estimate of drug-likeness (QED) is 0.266. The van der Waals surface area contributed by atoms with Crippen molar-refractivity contribution in [3.8, 4) is 11.4 Å². The standard InChI is InChI=1S/C37H41N3O2/c1-23-13-18-29(24(2)19-23)40-35-33(34(39-40)36(3,4)5)31(32-28(38-35)20-37(6,7)21-30(32)41)26-14-16-27(17-15-26)42-22-25-11-9-8-10-12-25/h8-19,31,38H,20-22H2,1-7H3. The Hall–Kier alpha value is -4.12. The maximum absolute atomic E-state index is 13.9. The number of benzene rings is 3. The van der Waals surface area contributed by atoms with Crippen LogP contribution in [0.4, 0.5) is 5.82 Å². The molecule has 1 unspecified atom stereocenters. The number of nitrogens with one attached hydrogen (secondary N) is 1. The van der Waals surface area contributed by atoms with Crippen LogP contribution in [0.2, 0.25) is 0 Å². The Bertz CT molecular complexity index is 1690. The highest BCUT2D eigenvalue weighted by Gasteiger charge is 2.44. The summed E-state index contributed by atoms with van der Waals surface area (Å²) in [4.78, 5) is 13.9. The van der Waals surface area contributed by atoms with E-state index in [1.165, 1.54) is 11.1 Å². The molecule has 0 saturated carbocycles. The van der Waals surface area contributed by atoms with Crippen LogP contribution in [-0.2, 0) is 16.8 Å². The van der Waals surface area contributed by atoms with Gasteiger partial charge in [-0.15, -0.1) is 0 Å². The molecule has 3 aromatic carbocycles. The topological polar surface area (TPSA) is 56.2 Å². The highest BCUT2D eigenvalue weighted by atomic mass is 16.5. The van der Waals surface area contributed by atoms with Gasteiger partial charge < -0.3 is 10.1 Å². The number of carbonyl (C=O) groups is 1. The van der Waals surface area contributed by atoms with Crippen molar-refractivity contribution in [2.75, 3.05) is 5.32 Å². The first kappa shape index (κ1) is 28.0. The number of nitrogens with zero attached hydrogens (tertiary/aromatic N) is 2. The molecule has 216 valence electrons. The van der Waals surface area contributed by atoms with E-state index >= 15 is 0 Å². The minimum Gasteiger partial charge on any atom is -0.489 e. The number of allylic oxidation sites excluding steroid dienone is 2. The predicted molar refractivity (Wildman–Crippen MR) is 169 cm³/mol. The van der Waals surface area contributed by atoms with E-state index in [0.29, 0.717) is 13.0 Å². The average Bonchev–Trinajstić information content (AvgIpc) is 3.30. The molecule has 42 heavy (non-hydrogen) atoms. The summed E-state index contributed by atoms with van der Waals surface area (Å²) >= 11 is 0. The van der Waals surface area contributed by atoms with Crippen molar-refractivity contribution in [2.45, 2.75) is 79.2 Å². The molecule has 5 nitrogen and oxygen atoms in total. The van der Waals surface area contributed by atoms with Crippen LogP contribution in [0.25, 0.3) is 5.69 Å². The lowest BCUT2D eigenvalue weighted by atomic mass is 9.68. The third kappa shape index (κ3) is 5.17. The summed E-state index contributed by atoms with van der Waals surface area (Å²) in [5.41, 5.74) is 9.29. The summed E-state index contributed by atoms with van der Waals surface area (Å²) in [6.07, 6.45) is 1.35. The second-order valence-electron chi connectivity index (χ2n) is 13.8. The van der Waals surface area contributed by atoms with Crippen molar-refractivity contribution in [3.63, 3.8) is 0 Å². The van der Waals surface area contributed by atoms with Gasteiger partial charge in [-0.25, -0.2) is 4.68 Å². The first-order valence-electron chi connectivity index (χ1n) is 14.9. The molecular formula is C37H41N3O2. The molecule has 0 fully saturated rings. The molecular weight excluding hydrogens is 518 g/mol. The summed E-state index contributed by atoms with van der Waals surface area (Å²) < 4.78 is 8.19. The van der Waals surface area contributed by atoms with Crippen molar-refractivity contribution in [1.29, 1.82) is 0 Å². The Labute approximate surface area is 249 Å². The normalized spacial score (nSPS) is 17.9. The molecule has 4 aromatic rings. The first-order chi connectivity index (χ1) is 19.9. The summed E-state index contributed by atoms with van der Waals surface area (Å²) in [5.74, 6) is 1.78. The van der Waals surface area contributed by atoms with Crippen molar-refractivity contribution >= 4 is 11.6 Å². The van der Waals surface area contributed by atoms with Crippen LogP contribution >= 0.6 is 0 Å². The molecule has 6 rings (SSSR count). The van der Waals surface area contributed by atoms with Crippen LogP contribution in [0.1, 0.15) is 86.9 Å². The SMILES string of the molecule is Cc1ccc(-n2nc(C(C)(C)C)c3c2NC2=C(C(=O)CC(C)(C)C2)C3c2ccc(OCc3ccccc3)cc2)c(C)c1. The second-order valence-corrected chi connectivity index (χ2v) is 13.8. The summed E-state index contributed by atoms with van der Waals surface area (Å²) in [5, 5.41) is 9.06. The van der Waals surface area contributed by atoms with Gasteiger partial charge in [0.1, 0.15) is 18.2 Å². The molecule has 0 radical (unpaired) electrons. The van der Waals surface area contributed by atoms with Crippen molar-refractivity contribution < 1.29 is 9.53 Å².